The van der Waals surface area contributed by atoms with Crippen LogP contribution in [0.3, 0.4) is 0 Å². The number of hydrogen-bond acceptors (Lipinski definition) is 5. The Hall–Kier alpha value is -3.10. The fraction of sp³-hybridized carbons (Fsp3) is 0.429. The molecule has 164 valence electrons. The van der Waals surface area contributed by atoms with Crippen LogP contribution < -0.4 is 24.8 Å². The van der Waals surface area contributed by atoms with E-state index >= 15 is 0 Å². The van der Waals surface area contributed by atoms with Gasteiger partial charge in [0.25, 0.3) is 0 Å². The second kappa shape index (κ2) is 12.5. The van der Waals surface area contributed by atoms with Gasteiger partial charge in [-0.2, -0.15) is 8.78 Å². The van der Waals surface area contributed by atoms with E-state index in [0.29, 0.717) is 37.2 Å². The Morgan fingerprint density at radius 1 is 1.07 bits per heavy atom. The van der Waals surface area contributed by atoms with Gasteiger partial charge in [-0.05, 0) is 25.5 Å². The number of hydrogen-bond donors (Lipinski definition) is 2. The fourth-order valence-electron chi connectivity index (χ4n) is 2.66. The quantitative estimate of drug-likeness (QED) is 0.424. The summed E-state index contributed by atoms with van der Waals surface area (Å²) >= 11 is 0. The Morgan fingerprint density at radius 2 is 1.80 bits per heavy atom. The van der Waals surface area contributed by atoms with Gasteiger partial charge in [0.05, 0.1) is 13.2 Å². The van der Waals surface area contributed by atoms with Gasteiger partial charge in [-0.1, -0.05) is 25.1 Å². The van der Waals surface area contributed by atoms with Crippen LogP contribution in [0.5, 0.6) is 17.4 Å². The summed E-state index contributed by atoms with van der Waals surface area (Å²) in [5, 5.41) is 6.27. The van der Waals surface area contributed by atoms with Crippen molar-refractivity contribution in [2.24, 2.45) is 4.99 Å². The monoisotopic (exact) mass is 422 g/mol. The van der Waals surface area contributed by atoms with Gasteiger partial charge in [0, 0.05) is 37.5 Å². The van der Waals surface area contributed by atoms with E-state index in [9.17, 15) is 8.78 Å². The molecule has 0 aliphatic rings. The Kier molecular flexibility index (Phi) is 9.63. The molecule has 0 radical (unpaired) electrons. The van der Waals surface area contributed by atoms with Crippen LogP contribution in [0.25, 0.3) is 0 Å². The highest BCUT2D eigenvalue weighted by Gasteiger charge is 2.16. The average Bonchev–Trinajstić information content (AvgIpc) is 2.74. The van der Waals surface area contributed by atoms with Crippen LogP contribution in [-0.2, 0) is 13.1 Å². The molecule has 0 saturated carbocycles. The number of halogens is 2. The summed E-state index contributed by atoms with van der Waals surface area (Å²) in [7, 11) is 1.63. The Labute approximate surface area is 175 Å². The fourth-order valence-corrected chi connectivity index (χ4v) is 2.66. The second-order valence-corrected chi connectivity index (χ2v) is 6.15. The minimum absolute atomic E-state index is 0.0137. The lowest BCUT2D eigenvalue weighted by Crippen LogP contribution is -2.36. The molecule has 30 heavy (non-hydrogen) atoms. The van der Waals surface area contributed by atoms with Crippen molar-refractivity contribution in [2.75, 3.05) is 20.3 Å². The molecular formula is C21H28F2N4O3. The summed E-state index contributed by atoms with van der Waals surface area (Å²) in [6.07, 6.45) is 2.56. The van der Waals surface area contributed by atoms with Gasteiger partial charge in [-0.15, -0.1) is 0 Å². The van der Waals surface area contributed by atoms with Crippen molar-refractivity contribution in [1.82, 2.24) is 15.6 Å². The number of rotatable bonds is 11. The molecule has 0 aliphatic heterocycles. The third-order valence-electron chi connectivity index (χ3n) is 3.98. The number of alkyl halides is 2. The third-order valence-corrected chi connectivity index (χ3v) is 3.98. The second-order valence-electron chi connectivity index (χ2n) is 6.15. The van der Waals surface area contributed by atoms with Gasteiger partial charge in [-0.3, -0.25) is 4.99 Å². The molecule has 0 atom stereocenters. The predicted octanol–water partition coefficient (Wildman–Crippen LogP) is 3.74. The molecule has 2 N–H and O–H groups in total. The summed E-state index contributed by atoms with van der Waals surface area (Å²) in [5.74, 6) is 1.34. The number of benzene rings is 1. The van der Waals surface area contributed by atoms with E-state index in [2.05, 4.69) is 20.6 Å². The Bertz CT molecular complexity index is 819. The molecule has 0 spiro atoms. The molecule has 0 aliphatic carbocycles. The maximum absolute atomic E-state index is 12.9. The summed E-state index contributed by atoms with van der Waals surface area (Å²) < 4.78 is 41.5. The van der Waals surface area contributed by atoms with Gasteiger partial charge in [0.1, 0.15) is 0 Å². The van der Waals surface area contributed by atoms with Crippen LogP contribution in [-0.4, -0.2) is 37.8 Å². The lowest BCUT2D eigenvalue weighted by atomic mass is 10.2. The highest BCUT2D eigenvalue weighted by atomic mass is 19.3. The van der Waals surface area contributed by atoms with Gasteiger partial charge in [0.2, 0.25) is 5.88 Å². The maximum atomic E-state index is 12.9. The minimum atomic E-state index is -2.95. The lowest BCUT2D eigenvalue weighted by Gasteiger charge is -2.17. The number of aliphatic imine (C=N–C) groups is 1. The topological polar surface area (TPSA) is 77.0 Å². The molecular weight excluding hydrogens is 394 g/mol. The zero-order valence-electron chi connectivity index (χ0n) is 17.5. The first-order chi connectivity index (χ1) is 14.6. The first-order valence-corrected chi connectivity index (χ1v) is 9.79. The number of para-hydroxylation sites is 1. The molecule has 0 amide bonds. The average molecular weight is 422 g/mol. The maximum Gasteiger partial charge on any atom is 0.387 e. The molecule has 0 unspecified atom stereocenters. The Morgan fingerprint density at radius 3 is 2.47 bits per heavy atom. The van der Waals surface area contributed by atoms with Crippen molar-refractivity contribution < 1.29 is 23.0 Å². The molecule has 1 heterocycles. The zero-order chi connectivity index (χ0) is 21.8. The first kappa shape index (κ1) is 23.2. The van der Waals surface area contributed by atoms with Crippen LogP contribution in [0.1, 0.15) is 31.4 Å². The van der Waals surface area contributed by atoms with E-state index in [-0.39, 0.29) is 18.0 Å². The van der Waals surface area contributed by atoms with Crippen molar-refractivity contribution in [3.05, 3.63) is 47.7 Å². The number of nitrogens with one attached hydrogen (secondary N) is 2. The zero-order valence-corrected chi connectivity index (χ0v) is 17.5. The van der Waals surface area contributed by atoms with Crippen LogP contribution in [0, 0.1) is 0 Å². The van der Waals surface area contributed by atoms with Crippen molar-refractivity contribution in [1.29, 1.82) is 0 Å². The standard InChI is InChI=1S/C21H28F2N4O3/c1-4-12-29-19-16(9-7-11-25-19)14-27-21(24-3)26-13-15-8-6-10-17(28-5-2)18(15)30-20(22)23/h6-11,20H,4-5,12-14H2,1-3H3,(H2,24,26,27). The summed E-state index contributed by atoms with van der Waals surface area (Å²) in [6.45, 7) is 2.43. The van der Waals surface area contributed by atoms with Crippen LogP contribution >= 0.6 is 0 Å². The molecule has 2 aromatic rings. The van der Waals surface area contributed by atoms with Gasteiger partial charge >= 0.3 is 6.61 Å². The normalized spacial score (nSPS) is 11.3. The van der Waals surface area contributed by atoms with E-state index in [0.717, 1.165) is 12.0 Å². The van der Waals surface area contributed by atoms with E-state index in [1.807, 2.05) is 19.1 Å². The van der Waals surface area contributed by atoms with E-state index in [1.165, 1.54) is 0 Å². The predicted molar refractivity (Wildman–Crippen MR) is 111 cm³/mol. The van der Waals surface area contributed by atoms with Gasteiger partial charge in [-0.25, -0.2) is 4.98 Å². The number of aromatic nitrogens is 1. The molecule has 0 saturated heterocycles. The third kappa shape index (κ3) is 7.06. The SMILES string of the molecule is CCCOc1ncccc1CNC(=NC)NCc1cccc(OCC)c1OC(F)F. The van der Waals surface area contributed by atoms with Crippen molar-refractivity contribution >= 4 is 5.96 Å². The highest BCUT2D eigenvalue weighted by molar-refractivity contribution is 5.79. The number of ether oxygens (including phenoxy) is 3. The number of pyridine rings is 1. The molecule has 2 rings (SSSR count). The minimum Gasteiger partial charge on any atom is -0.490 e. The van der Waals surface area contributed by atoms with E-state index < -0.39 is 6.61 Å². The van der Waals surface area contributed by atoms with Crippen molar-refractivity contribution in [2.45, 2.75) is 40.0 Å². The smallest absolute Gasteiger partial charge is 0.387 e. The Balaban J connectivity index is 2.04. The summed E-state index contributed by atoms with van der Waals surface area (Å²) in [6, 6.07) is 8.76. The lowest BCUT2D eigenvalue weighted by molar-refractivity contribution is -0.0520. The van der Waals surface area contributed by atoms with E-state index in [1.54, 1.807) is 38.4 Å². The van der Waals surface area contributed by atoms with Crippen LogP contribution in [0.15, 0.2) is 41.5 Å². The van der Waals surface area contributed by atoms with Crippen LogP contribution in [0.2, 0.25) is 0 Å². The molecule has 0 bridgehead atoms. The number of nitrogens with zero attached hydrogens (tertiary/aromatic N) is 2. The van der Waals surface area contributed by atoms with Gasteiger partial charge in [0.15, 0.2) is 17.5 Å². The summed E-state index contributed by atoms with van der Waals surface area (Å²) in [4.78, 5) is 8.43. The molecule has 7 nitrogen and oxygen atoms in total. The van der Waals surface area contributed by atoms with Crippen molar-refractivity contribution in [3.8, 4) is 17.4 Å². The molecule has 0 fully saturated rings. The largest absolute Gasteiger partial charge is 0.490 e. The van der Waals surface area contributed by atoms with Crippen molar-refractivity contribution in [3.63, 3.8) is 0 Å². The first-order valence-electron chi connectivity index (χ1n) is 9.79. The number of guanidine groups is 1. The van der Waals surface area contributed by atoms with E-state index in [4.69, 9.17) is 14.2 Å². The molecule has 9 heteroatoms. The highest BCUT2D eigenvalue weighted by Crippen LogP contribution is 2.32. The summed E-state index contributed by atoms with van der Waals surface area (Å²) in [5.41, 5.74) is 1.41. The molecule has 1 aromatic heterocycles. The van der Waals surface area contributed by atoms with Gasteiger partial charge < -0.3 is 24.8 Å². The molecule has 1 aromatic carbocycles. The van der Waals surface area contributed by atoms with Crippen LogP contribution in [0.4, 0.5) is 8.78 Å².